The molecule has 1 saturated heterocycles. The molecule has 4 aromatic heterocycles. The summed E-state index contributed by atoms with van der Waals surface area (Å²) in [5.41, 5.74) is 2.36. The molecule has 0 unspecified atom stereocenters. The smallest absolute Gasteiger partial charge is 0.272 e. The van der Waals surface area contributed by atoms with Gasteiger partial charge in [0.05, 0.1) is 22.1 Å². The molecule has 1 aliphatic heterocycles. The van der Waals surface area contributed by atoms with Crippen molar-refractivity contribution in [2.45, 2.75) is 19.3 Å². The third-order valence-corrected chi connectivity index (χ3v) is 10.2. The van der Waals surface area contributed by atoms with Gasteiger partial charge in [-0.25, -0.2) is 0 Å². The first kappa shape index (κ1) is 32.5. The molecule has 0 aliphatic carbocycles. The second kappa shape index (κ2) is 14.1. The van der Waals surface area contributed by atoms with E-state index in [2.05, 4.69) is 42.1 Å². The van der Waals surface area contributed by atoms with Gasteiger partial charge < -0.3 is 39.9 Å². The fourth-order valence-corrected chi connectivity index (χ4v) is 6.89. The van der Waals surface area contributed by atoms with E-state index in [0.717, 1.165) is 19.6 Å². The van der Waals surface area contributed by atoms with Crippen LogP contribution in [0.3, 0.4) is 0 Å². The van der Waals surface area contributed by atoms with Crippen molar-refractivity contribution in [2.75, 3.05) is 42.1 Å². The lowest BCUT2D eigenvalue weighted by atomic mass is 10.1. The van der Waals surface area contributed by atoms with Crippen LogP contribution in [0.15, 0.2) is 46.6 Å². The highest BCUT2D eigenvalue weighted by Gasteiger charge is 2.21. The highest BCUT2D eigenvalue weighted by atomic mass is 79.9. The predicted octanol–water partition coefficient (Wildman–Crippen LogP) is 5.15. The maximum absolute atomic E-state index is 13.1. The summed E-state index contributed by atoms with van der Waals surface area (Å²) in [6.07, 6.45) is 8.59. The maximum Gasteiger partial charge on any atom is 0.272 e. The molecule has 15 heteroatoms. The molecule has 12 nitrogen and oxygen atoms in total. The van der Waals surface area contributed by atoms with Crippen molar-refractivity contribution >= 4 is 79.6 Å². The molecule has 5 heterocycles. The van der Waals surface area contributed by atoms with E-state index in [9.17, 15) is 19.2 Å². The average Bonchev–Trinajstić information content (AvgIpc) is 3.75. The third-order valence-electron chi connectivity index (χ3n) is 7.54. The largest absolute Gasteiger partial charge is 0.349 e. The summed E-state index contributed by atoms with van der Waals surface area (Å²) >= 11 is 10.7. The number of nitrogens with zero attached hydrogens (tertiary/aromatic N) is 4. The Hall–Kier alpha value is -3.85. The fourth-order valence-electron chi connectivity index (χ4n) is 5.23. The number of aryl methyl sites for hydroxylation is 3. The molecule has 0 radical (unpaired) electrons. The molecule has 0 atom stereocenters. The van der Waals surface area contributed by atoms with Crippen LogP contribution in [0.4, 0.5) is 17.1 Å². The van der Waals surface area contributed by atoms with Crippen LogP contribution in [-0.2, 0) is 21.1 Å². The van der Waals surface area contributed by atoms with Crippen molar-refractivity contribution < 1.29 is 19.2 Å². The van der Waals surface area contributed by atoms with E-state index in [0.29, 0.717) is 55.1 Å². The molecule has 4 N–H and O–H groups in total. The van der Waals surface area contributed by atoms with Crippen molar-refractivity contribution in [1.29, 1.82) is 0 Å². The number of piperidine rings is 1. The lowest BCUT2D eigenvalue weighted by Crippen LogP contribution is -2.38. The molecule has 5 rings (SSSR count). The highest BCUT2D eigenvalue weighted by molar-refractivity contribution is 9.10. The summed E-state index contributed by atoms with van der Waals surface area (Å²) in [6, 6.07) is 4.75. The highest BCUT2D eigenvalue weighted by Crippen LogP contribution is 2.32. The number of rotatable bonds is 10. The van der Waals surface area contributed by atoms with Crippen molar-refractivity contribution in [2.24, 2.45) is 21.1 Å². The lowest BCUT2D eigenvalue weighted by Gasteiger charge is -2.26. The zero-order valence-corrected chi connectivity index (χ0v) is 28.2. The van der Waals surface area contributed by atoms with Gasteiger partial charge in [-0.3, -0.25) is 19.2 Å². The normalized spacial score (nSPS) is 13.4. The Morgan fingerprint density at radius 2 is 1.22 bits per heavy atom. The second-order valence-electron chi connectivity index (χ2n) is 10.9. The standard InChI is InChI=1S/C30H34BrClN8O4S/c1-37-14-18(11-22(37)27(41)33-7-10-40-8-5-4-6-9-40)34-28(42)23-12-19(15-38(23)2)35-29(43)24-13-20(16-39(24)3)36-30(44)26-25(32)21(31)17-45-26/h11-17H,4-10H2,1-3H3,(H,33,41)(H,34,42)(H,35,43)(H,36,44). The molecule has 1 fully saturated rings. The Morgan fingerprint density at radius 3 is 1.69 bits per heavy atom. The predicted molar refractivity (Wildman–Crippen MR) is 180 cm³/mol. The maximum atomic E-state index is 13.1. The summed E-state index contributed by atoms with van der Waals surface area (Å²) in [6.45, 7) is 3.51. The first-order valence-corrected chi connectivity index (χ1v) is 16.4. The first-order chi connectivity index (χ1) is 21.5. The number of likely N-dealkylation sites (tertiary alicyclic amines) is 1. The molecular formula is C30H34BrClN8O4S. The molecule has 4 aromatic rings. The summed E-state index contributed by atoms with van der Waals surface area (Å²) in [7, 11) is 5.13. The van der Waals surface area contributed by atoms with E-state index in [1.54, 1.807) is 77.0 Å². The molecule has 4 amide bonds. The van der Waals surface area contributed by atoms with E-state index in [-0.39, 0.29) is 11.8 Å². The molecule has 45 heavy (non-hydrogen) atoms. The van der Waals surface area contributed by atoms with Crippen LogP contribution in [-0.4, -0.2) is 68.4 Å². The van der Waals surface area contributed by atoms with Gasteiger partial charge >= 0.3 is 0 Å². The zero-order chi connectivity index (χ0) is 32.2. The van der Waals surface area contributed by atoms with Crippen LogP contribution in [0.1, 0.15) is 60.4 Å². The Kier molecular flexibility index (Phi) is 10.2. The number of hydrogen-bond acceptors (Lipinski definition) is 6. The third kappa shape index (κ3) is 7.69. The van der Waals surface area contributed by atoms with E-state index >= 15 is 0 Å². The van der Waals surface area contributed by atoms with Gasteiger partial charge in [0.25, 0.3) is 23.6 Å². The zero-order valence-electron chi connectivity index (χ0n) is 25.1. The van der Waals surface area contributed by atoms with Gasteiger partial charge in [0, 0.05) is 62.7 Å². The van der Waals surface area contributed by atoms with Crippen LogP contribution < -0.4 is 21.3 Å². The molecular weight excluding hydrogens is 684 g/mol. The van der Waals surface area contributed by atoms with Crippen LogP contribution in [0.5, 0.6) is 0 Å². The SMILES string of the molecule is Cn1cc(NC(=O)c2cc(NC(=O)c3cc(NC(=O)c4scc(Br)c4Cl)cn3C)cn2C)cc1C(=O)NCCN1CCCCC1. The number of halogens is 2. The van der Waals surface area contributed by atoms with Crippen molar-refractivity contribution in [3.63, 3.8) is 0 Å². The summed E-state index contributed by atoms with van der Waals surface area (Å²) in [5.74, 6) is -1.41. The Balaban J connectivity index is 1.17. The van der Waals surface area contributed by atoms with E-state index in [1.165, 1.54) is 30.6 Å². The van der Waals surface area contributed by atoms with Crippen LogP contribution in [0.25, 0.3) is 0 Å². The molecule has 1 aliphatic rings. The van der Waals surface area contributed by atoms with E-state index < -0.39 is 11.8 Å². The molecule has 0 aromatic carbocycles. The van der Waals surface area contributed by atoms with Crippen molar-refractivity contribution in [3.05, 3.63) is 73.6 Å². The molecule has 0 saturated carbocycles. The number of carbonyl (C=O) groups excluding carboxylic acids is 4. The Morgan fingerprint density at radius 1 is 0.756 bits per heavy atom. The quantitative estimate of drug-likeness (QED) is 0.180. The number of aromatic nitrogens is 3. The number of anilines is 3. The van der Waals surface area contributed by atoms with E-state index in [1.807, 2.05) is 0 Å². The second-order valence-corrected chi connectivity index (χ2v) is 13.0. The number of carbonyl (C=O) groups is 4. The molecule has 0 spiro atoms. The topological polar surface area (TPSA) is 134 Å². The first-order valence-electron chi connectivity index (χ1n) is 14.4. The van der Waals surface area contributed by atoms with Gasteiger partial charge in [-0.15, -0.1) is 11.3 Å². The summed E-state index contributed by atoms with van der Waals surface area (Å²) in [5, 5.41) is 13.4. The van der Waals surface area contributed by atoms with Gasteiger partial charge in [-0.1, -0.05) is 18.0 Å². The van der Waals surface area contributed by atoms with Gasteiger partial charge in [0.2, 0.25) is 0 Å². The van der Waals surface area contributed by atoms with Crippen molar-refractivity contribution in [3.8, 4) is 0 Å². The van der Waals surface area contributed by atoms with Crippen LogP contribution >= 0.6 is 38.9 Å². The summed E-state index contributed by atoms with van der Waals surface area (Å²) < 4.78 is 5.50. The number of hydrogen-bond donors (Lipinski definition) is 4. The monoisotopic (exact) mass is 716 g/mol. The molecule has 238 valence electrons. The van der Waals surface area contributed by atoms with Gasteiger partial charge in [0.1, 0.15) is 22.0 Å². The van der Waals surface area contributed by atoms with Crippen molar-refractivity contribution in [1.82, 2.24) is 23.9 Å². The Labute approximate surface area is 277 Å². The average molecular weight is 718 g/mol. The fraction of sp³-hybridized carbons (Fsp3) is 0.333. The minimum atomic E-state index is -0.425. The van der Waals surface area contributed by atoms with Crippen LogP contribution in [0.2, 0.25) is 5.02 Å². The van der Waals surface area contributed by atoms with Gasteiger partial charge in [-0.05, 0) is 60.1 Å². The van der Waals surface area contributed by atoms with Crippen LogP contribution in [0, 0.1) is 0 Å². The number of amides is 4. The van der Waals surface area contributed by atoms with Gasteiger partial charge in [-0.2, -0.15) is 0 Å². The molecule has 0 bridgehead atoms. The lowest BCUT2D eigenvalue weighted by molar-refractivity contribution is 0.0936. The minimum absolute atomic E-state index is 0.203. The van der Waals surface area contributed by atoms with E-state index in [4.69, 9.17) is 11.6 Å². The number of thiophene rings is 1. The number of nitrogens with one attached hydrogen (secondary N) is 4. The minimum Gasteiger partial charge on any atom is -0.349 e. The van der Waals surface area contributed by atoms with Gasteiger partial charge in [0.15, 0.2) is 0 Å². The summed E-state index contributed by atoms with van der Waals surface area (Å²) in [4.78, 5) is 54.3. The Bertz CT molecular complexity index is 1750.